The summed E-state index contributed by atoms with van der Waals surface area (Å²) >= 11 is 0. The summed E-state index contributed by atoms with van der Waals surface area (Å²) in [7, 11) is -3.60. The standard InChI is InChI=1S/C15H20O4S/c1-11-6-2-3-7-12(11)13-8-4-5-9-14(13)20(18,19)10-15(16)17/h2-3,6-7,13-14H,4-5,8-10H2,1H3,(H,16,17)/t13-,14-/m0/s1. The molecule has 0 bridgehead atoms. The van der Waals surface area contributed by atoms with E-state index in [1.165, 1.54) is 0 Å². The summed E-state index contributed by atoms with van der Waals surface area (Å²) in [5.74, 6) is -2.10. The third-order valence-electron chi connectivity index (χ3n) is 4.08. The van der Waals surface area contributed by atoms with Gasteiger partial charge in [0.25, 0.3) is 0 Å². The molecule has 0 unspecified atom stereocenters. The third kappa shape index (κ3) is 3.20. The summed E-state index contributed by atoms with van der Waals surface area (Å²) in [5, 5.41) is 8.25. The molecule has 110 valence electrons. The Morgan fingerprint density at radius 3 is 2.55 bits per heavy atom. The van der Waals surface area contributed by atoms with E-state index in [9.17, 15) is 13.2 Å². The van der Waals surface area contributed by atoms with E-state index in [4.69, 9.17) is 5.11 Å². The Hall–Kier alpha value is -1.36. The predicted octanol–water partition coefficient (Wildman–Crippen LogP) is 2.52. The number of benzene rings is 1. The van der Waals surface area contributed by atoms with Gasteiger partial charge in [-0.3, -0.25) is 4.79 Å². The average Bonchev–Trinajstić information content (AvgIpc) is 2.38. The van der Waals surface area contributed by atoms with Crippen molar-refractivity contribution in [2.75, 3.05) is 5.75 Å². The summed E-state index contributed by atoms with van der Waals surface area (Å²) in [4.78, 5) is 10.8. The number of carboxylic acid groups (broad SMARTS) is 1. The second-order valence-corrected chi connectivity index (χ2v) is 7.71. The molecular weight excluding hydrogens is 276 g/mol. The van der Waals surface area contributed by atoms with Gasteiger partial charge in [0.15, 0.2) is 9.84 Å². The molecule has 1 saturated carbocycles. The number of carbonyl (C=O) groups is 1. The van der Waals surface area contributed by atoms with Crippen LogP contribution in [0.2, 0.25) is 0 Å². The van der Waals surface area contributed by atoms with Gasteiger partial charge < -0.3 is 5.11 Å². The van der Waals surface area contributed by atoms with Gasteiger partial charge in [0.1, 0.15) is 5.75 Å². The first-order chi connectivity index (χ1) is 9.42. The largest absolute Gasteiger partial charge is 0.480 e. The summed E-state index contributed by atoms with van der Waals surface area (Å²) in [6.07, 6.45) is 3.23. The fraction of sp³-hybridized carbons (Fsp3) is 0.533. The van der Waals surface area contributed by atoms with Crippen molar-refractivity contribution in [2.45, 2.75) is 43.8 Å². The van der Waals surface area contributed by atoms with Crippen molar-refractivity contribution in [3.8, 4) is 0 Å². The van der Waals surface area contributed by atoms with Crippen LogP contribution in [0.1, 0.15) is 42.7 Å². The quantitative estimate of drug-likeness (QED) is 0.926. The molecule has 1 aromatic carbocycles. The zero-order valence-electron chi connectivity index (χ0n) is 11.6. The van der Waals surface area contributed by atoms with Crippen LogP contribution in [0.3, 0.4) is 0 Å². The van der Waals surface area contributed by atoms with Crippen molar-refractivity contribution in [1.29, 1.82) is 0 Å². The normalized spacial score (nSPS) is 23.4. The van der Waals surface area contributed by atoms with Crippen LogP contribution < -0.4 is 0 Å². The first kappa shape index (κ1) is 15.0. The first-order valence-electron chi connectivity index (χ1n) is 6.90. The Morgan fingerprint density at radius 2 is 1.90 bits per heavy atom. The highest BCUT2D eigenvalue weighted by Gasteiger charge is 2.37. The Kier molecular flexibility index (Phi) is 4.48. The minimum Gasteiger partial charge on any atom is -0.480 e. The Labute approximate surface area is 119 Å². The maximum Gasteiger partial charge on any atom is 0.318 e. The van der Waals surface area contributed by atoms with Gasteiger partial charge in [0, 0.05) is 5.92 Å². The Morgan fingerprint density at radius 1 is 1.25 bits per heavy atom. The zero-order valence-corrected chi connectivity index (χ0v) is 12.4. The second kappa shape index (κ2) is 5.95. The van der Waals surface area contributed by atoms with Crippen molar-refractivity contribution >= 4 is 15.8 Å². The molecule has 20 heavy (non-hydrogen) atoms. The highest BCUT2D eigenvalue weighted by atomic mass is 32.2. The molecule has 0 aromatic heterocycles. The lowest BCUT2D eigenvalue weighted by molar-refractivity contribution is -0.134. The van der Waals surface area contributed by atoms with Gasteiger partial charge in [-0.15, -0.1) is 0 Å². The van der Waals surface area contributed by atoms with Crippen LogP contribution >= 0.6 is 0 Å². The lowest BCUT2D eigenvalue weighted by Crippen LogP contribution is -2.35. The van der Waals surface area contributed by atoms with Crippen LogP contribution in [0.15, 0.2) is 24.3 Å². The number of aryl methyl sites for hydroxylation is 1. The smallest absolute Gasteiger partial charge is 0.318 e. The number of sulfone groups is 1. The van der Waals surface area contributed by atoms with Crippen molar-refractivity contribution in [3.05, 3.63) is 35.4 Å². The molecule has 0 heterocycles. The van der Waals surface area contributed by atoms with Crippen molar-refractivity contribution < 1.29 is 18.3 Å². The molecule has 0 amide bonds. The van der Waals surface area contributed by atoms with E-state index < -0.39 is 26.8 Å². The molecule has 1 N–H and O–H groups in total. The van der Waals surface area contributed by atoms with Crippen LogP contribution in [0.4, 0.5) is 0 Å². The molecule has 1 aromatic rings. The topological polar surface area (TPSA) is 71.4 Å². The van der Waals surface area contributed by atoms with Gasteiger partial charge in [0.05, 0.1) is 5.25 Å². The van der Waals surface area contributed by atoms with E-state index in [0.717, 1.165) is 30.4 Å². The monoisotopic (exact) mass is 296 g/mol. The van der Waals surface area contributed by atoms with E-state index >= 15 is 0 Å². The Balaban J connectivity index is 2.35. The molecule has 2 atom stereocenters. The highest BCUT2D eigenvalue weighted by molar-refractivity contribution is 7.92. The second-order valence-electron chi connectivity index (χ2n) is 5.49. The number of carboxylic acids is 1. The van der Waals surface area contributed by atoms with Crippen LogP contribution in [0.25, 0.3) is 0 Å². The molecule has 0 spiro atoms. The van der Waals surface area contributed by atoms with Crippen molar-refractivity contribution in [1.82, 2.24) is 0 Å². The number of aliphatic carboxylic acids is 1. The molecule has 0 aliphatic heterocycles. The minimum atomic E-state index is -3.60. The first-order valence-corrected chi connectivity index (χ1v) is 8.62. The highest BCUT2D eigenvalue weighted by Crippen LogP contribution is 2.38. The molecular formula is C15H20O4S. The zero-order chi connectivity index (χ0) is 14.8. The van der Waals surface area contributed by atoms with Crippen LogP contribution in [0, 0.1) is 6.92 Å². The summed E-state index contributed by atoms with van der Waals surface area (Å²) in [6.45, 7) is 1.98. The molecule has 1 fully saturated rings. The molecule has 1 aliphatic carbocycles. The average molecular weight is 296 g/mol. The van der Waals surface area contributed by atoms with E-state index in [1.54, 1.807) is 0 Å². The molecule has 0 radical (unpaired) electrons. The summed E-state index contributed by atoms with van der Waals surface area (Å²) < 4.78 is 24.6. The van der Waals surface area contributed by atoms with Crippen LogP contribution in [-0.2, 0) is 14.6 Å². The fourth-order valence-electron chi connectivity index (χ4n) is 3.16. The lowest BCUT2D eigenvalue weighted by atomic mass is 9.82. The van der Waals surface area contributed by atoms with Gasteiger partial charge in [-0.05, 0) is 30.9 Å². The van der Waals surface area contributed by atoms with Crippen molar-refractivity contribution in [3.63, 3.8) is 0 Å². The van der Waals surface area contributed by atoms with Crippen LogP contribution in [0.5, 0.6) is 0 Å². The van der Waals surface area contributed by atoms with E-state index in [2.05, 4.69) is 0 Å². The Bertz CT molecular complexity index is 592. The van der Waals surface area contributed by atoms with Gasteiger partial charge in [-0.2, -0.15) is 0 Å². The lowest BCUT2D eigenvalue weighted by Gasteiger charge is -2.32. The van der Waals surface area contributed by atoms with Crippen molar-refractivity contribution in [2.24, 2.45) is 0 Å². The molecule has 5 heteroatoms. The summed E-state index contributed by atoms with van der Waals surface area (Å²) in [5.41, 5.74) is 2.13. The SMILES string of the molecule is Cc1ccccc1[C@@H]1CCCC[C@@H]1S(=O)(=O)CC(=O)O. The predicted molar refractivity (Wildman–Crippen MR) is 77.6 cm³/mol. The third-order valence-corrected chi connectivity index (χ3v) is 6.21. The minimum absolute atomic E-state index is 0.0747. The number of rotatable bonds is 4. The van der Waals surface area contributed by atoms with Gasteiger partial charge in [0.2, 0.25) is 0 Å². The number of hydrogen-bond acceptors (Lipinski definition) is 3. The van der Waals surface area contributed by atoms with E-state index in [1.807, 2.05) is 31.2 Å². The molecule has 4 nitrogen and oxygen atoms in total. The maximum atomic E-state index is 12.3. The molecule has 0 saturated heterocycles. The number of hydrogen-bond donors (Lipinski definition) is 1. The van der Waals surface area contributed by atoms with Gasteiger partial charge in [-0.1, -0.05) is 37.1 Å². The van der Waals surface area contributed by atoms with E-state index in [0.29, 0.717) is 6.42 Å². The molecule has 2 rings (SSSR count). The maximum absolute atomic E-state index is 12.3. The van der Waals surface area contributed by atoms with Gasteiger partial charge >= 0.3 is 5.97 Å². The summed E-state index contributed by atoms with van der Waals surface area (Å²) in [6, 6.07) is 7.79. The van der Waals surface area contributed by atoms with Gasteiger partial charge in [-0.25, -0.2) is 8.42 Å². The molecule has 1 aliphatic rings. The fourth-order valence-corrected chi connectivity index (χ4v) is 5.03. The van der Waals surface area contributed by atoms with Crippen LogP contribution in [-0.4, -0.2) is 30.5 Å². The van der Waals surface area contributed by atoms with E-state index in [-0.39, 0.29) is 5.92 Å².